The van der Waals surface area contributed by atoms with E-state index in [9.17, 15) is 4.79 Å². The number of hydrogen-bond donors (Lipinski definition) is 0. The highest BCUT2D eigenvalue weighted by atomic mass is 28.3. The third kappa shape index (κ3) is 4.30. The number of carbonyl (C=O) groups excluding carboxylic acids is 1. The molecule has 2 unspecified atom stereocenters. The quantitative estimate of drug-likeness (QED) is 0.574. The lowest BCUT2D eigenvalue weighted by molar-refractivity contribution is -0.148. The van der Waals surface area contributed by atoms with Gasteiger partial charge in [0.05, 0.1) is 21.3 Å². The number of ether oxygens (including phenoxy) is 1. The number of nitrogens with zero attached hydrogens (tertiary/aromatic N) is 2. The molecule has 1 heterocycles. The van der Waals surface area contributed by atoms with Crippen molar-refractivity contribution in [1.82, 2.24) is 9.80 Å². The van der Waals surface area contributed by atoms with E-state index in [0.29, 0.717) is 12.4 Å². The van der Waals surface area contributed by atoms with Crippen molar-refractivity contribution in [1.29, 1.82) is 0 Å². The normalized spacial score (nSPS) is 23.3. The van der Waals surface area contributed by atoms with Gasteiger partial charge in [-0.15, -0.1) is 0 Å². The van der Waals surface area contributed by atoms with Crippen LogP contribution in [0, 0.1) is 5.92 Å². The average molecular weight is 301 g/mol. The zero-order valence-electron chi connectivity index (χ0n) is 14.3. The zero-order valence-corrected chi connectivity index (χ0v) is 15.4. The van der Waals surface area contributed by atoms with Gasteiger partial charge in [-0.05, 0) is 27.7 Å². The minimum Gasteiger partial charge on any atom is -0.466 e. The molecule has 1 aliphatic rings. The number of hydrogen-bond acceptors (Lipinski definition) is 4. The first kappa shape index (κ1) is 17.7. The van der Waals surface area contributed by atoms with Crippen molar-refractivity contribution < 1.29 is 9.53 Å². The molecule has 0 bridgehead atoms. The summed E-state index contributed by atoms with van der Waals surface area (Å²) in [6.07, 6.45) is 0. The fraction of sp³-hybridized carbons (Fsp3) is 0.933. The van der Waals surface area contributed by atoms with Crippen LogP contribution in [-0.2, 0) is 9.53 Å². The fourth-order valence-electron chi connectivity index (χ4n) is 3.12. The van der Waals surface area contributed by atoms with Gasteiger partial charge in [-0.2, -0.15) is 0 Å². The number of esters is 1. The summed E-state index contributed by atoms with van der Waals surface area (Å²) in [5.74, 6) is 0.447. The molecule has 0 N–H and O–H groups in total. The van der Waals surface area contributed by atoms with Crippen molar-refractivity contribution in [2.24, 2.45) is 5.92 Å². The summed E-state index contributed by atoms with van der Waals surface area (Å²) < 4.78 is 5.14. The lowest BCUT2D eigenvalue weighted by atomic mass is 10.1. The van der Waals surface area contributed by atoms with E-state index in [1.165, 1.54) is 0 Å². The molecule has 4 nitrogen and oxygen atoms in total. The molecule has 118 valence electrons. The van der Waals surface area contributed by atoms with Crippen molar-refractivity contribution >= 4 is 14.8 Å². The first-order valence-corrected chi connectivity index (χ1v) is 10.8. The van der Waals surface area contributed by atoms with Gasteiger partial charge in [0.2, 0.25) is 0 Å². The van der Waals surface area contributed by atoms with E-state index in [1.807, 2.05) is 13.8 Å². The smallest absolute Gasteiger partial charge is 0.309 e. The molecule has 0 spiro atoms. The third-order valence-corrected chi connectivity index (χ3v) is 5.95. The lowest BCUT2D eigenvalue weighted by Gasteiger charge is -2.41. The lowest BCUT2D eigenvalue weighted by Crippen LogP contribution is -2.55. The van der Waals surface area contributed by atoms with Crippen LogP contribution in [-0.4, -0.2) is 62.1 Å². The van der Waals surface area contributed by atoms with Gasteiger partial charge in [0.1, 0.15) is 0 Å². The molecule has 5 heteroatoms. The van der Waals surface area contributed by atoms with Crippen molar-refractivity contribution in [3.8, 4) is 0 Å². The molecule has 1 fully saturated rings. The van der Waals surface area contributed by atoms with Crippen LogP contribution in [0.25, 0.3) is 0 Å². The minimum absolute atomic E-state index is 0.0369. The number of rotatable bonds is 5. The molecule has 1 rings (SSSR count). The molecule has 0 radical (unpaired) electrons. The zero-order chi connectivity index (χ0) is 15.5. The van der Waals surface area contributed by atoms with Gasteiger partial charge in [0.15, 0.2) is 0 Å². The Hall–Kier alpha value is -0.393. The Balaban J connectivity index is 2.73. The Morgan fingerprint density at radius 2 is 1.95 bits per heavy atom. The van der Waals surface area contributed by atoms with E-state index in [0.717, 1.165) is 19.6 Å². The van der Waals surface area contributed by atoms with Gasteiger partial charge in [-0.25, -0.2) is 0 Å². The van der Waals surface area contributed by atoms with Crippen LogP contribution >= 0.6 is 0 Å². The maximum absolute atomic E-state index is 11.8. The number of carbonyl (C=O) groups is 1. The molecule has 20 heavy (non-hydrogen) atoms. The summed E-state index contributed by atoms with van der Waals surface area (Å²) in [7, 11) is -0.845. The molecular formula is C15H32N2O2Si. The van der Waals surface area contributed by atoms with Crippen LogP contribution in [0.4, 0.5) is 0 Å². The second-order valence-electron chi connectivity index (χ2n) is 7.17. The van der Waals surface area contributed by atoms with Gasteiger partial charge in [0, 0.05) is 31.0 Å². The maximum Gasteiger partial charge on any atom is 0.309 e. The van der Waals surface area contributed by atoms with Crippen LogP contribution in [0.1, 0.15) is 34.6 Å². The van der Waals surface area contributed by atoms with Gasteiger partial charge >= 0.3 is 5.97 Å². The van der Waals surface area contributed by atoms with Gasteiger partial charge in [-0.3, -0.25) is 14.6 Å². The van der Waals surface area contributed by atoms with E-state index in [-0.39, 0.29) is 17.4 Å². The molecule has 1 saturated heterocycles. The highest BCUT2D eigenvalue weighted by Crippen LogP contribution is 2.26. The van der Waals surface area contributed by atoms with Gasteiger partial charge < -0.3 is 4.74 Å². The Morgan fingerprint density at radius 3 is 2.40 bits per heavy atom. The fourth-order valence-corrected chi connectivity index (χ4v) is 5.55. The summed E-state index contributed by atoms with van der Waals surface area (Å²) in [5, 5.41) is 0. The Morgan fingerprint density at radius 1 is 1.35 bits per heavy atom. The monoisotopic (exact) mass is 300 g/mol. The summed E-state index contributed by atoms with van der Waals surface area (Å²) in [5.41, 5.74) is 0.198. The topological polar surface area (TPSA) is 32.8 Å². The van der Waals surface area contributed by atoms with E-state index in [1.54, 1.807) is 0 Å². The van der Waals surface area contributed by atoms with E-state index in [4.69, 9.17) is 4.74 Å². The van der Waals surface area contributed by atoms with Gasteiger partial charge in [0.25, 0.3) is 0 Å². The predicted octanol–water partition coefficient (Wildman–Crippen LogP) is 1.95. The molecule has 0 aromatic carbocycles. The van der Waals surface area contributed by atoms with Crippen molar-refractivity contribution in [3.63, 3.8) is 0 Å². The molecule has 0 aromatic rings. The van der Waals surface area contributed by atoms with Crippen LogP contribution in [0.15, 0.2) is 0 Å². The molecule has 0 aliphatic carbocycles. The van der Waals surface area contributed by atoms with Crippen molar-refractivity contribution in [2.45, 2.75) is 59.0 Å². The van der Waals surface area contributed by atoms with E-state index >= 15 is 0 Å². The summed E-state index contributed by atoms with van der Waals surface area (Å²) in [6.45, 7) is 19.0. The van der Waals surface area contributed by atoms with E-state index < -0.39 is 8.80 Å². The Kier molecular flexibility index (Phi) is 6.22. The van der Waals surface area contributed by atoms with Crippen LogP contribution in [0.3, 0.4) is 0 Å². The first-order chi connectivity index (χ1) is 9.18. The highest BCUT2D eigenvalue weighted by Gasteiger charge is 2.40. The van der Waals surface area contributed by atoms with Crippen LogP contribution in [0.5, 0.6) is 0 Å². The molecule has 1 aliphatic heterocycles. The molecule has 0 amide bonds. The van der Waals surface area contributed by atoms with Crippen molar-refractivity contribution in [3.05, 3.63) is 0 Å². The van der Waals surface area contributed by atoms with E-state index in [2.05, 4.69) is 43.7 Å². The molecule has 0 aromatic heterocycles. The molecule has 2 atom stereocenters. The van der Waals surface area contributed by atoms with Crippen LogP contribution < -0.4 is 0 Å². The van der Waals surface area contributed by atoms with Crippen LogP contribution in [0.2, 0.25) is 13.1 Å². The summed E-state index contributed by atoms with van der Waals surface area (Å²) >= 11 is 0. The first-order valence-electron chi connectivity index (χ1n) is 7.86. The highest BCUT2D eigenvalue weighted by molar-refractivity contribution is 6.57. The third-order valence-electron chi connectivity index (χ3n) is 3.98. The average Bonchev–Trinajstić information content (AvgIpc) is 2.72. The Bertz CT molecular complexity index is 328. The standard InChI is InChI=1S/C15H32N2O2Si/c1-8-19-13(18)12(2)11-16-9-10-17(15(3,4)5)14(16)20(6)7/h12,14,20H,8-11H2,1-7H3. The molecule has 0 saturated carbocycles. The Labute approximate surface area is 126 Å². The van der Waals surface area contributed by atoms with Crippen molar-refractivity contribution in [2.75, 3.05) is 26.2 Å². The molecular weight excluding hydrogens is 268 g/mol. The minimum atomic E-state index is -0.845. The largest absolute Gasteiger partial charge is 0.466 e. The second-order valence-corrected chi connectivity index (χ2v) is 10.3. The summed E-state index contributed by atoms with van der Waals surface area (Å²) in [4.78, 5) is 17.0. The second kappa shape index (κ2) is 7.05. The van der Waals surface area contributed by atoms with Gasteiger partial charge in [-0.1, -0.05) is 20.0 Å². The summed E-state index contributed by atoms with van der Waals surface area (Å²) in [6, 6.07) is 0. The SMILES string of the molecule is CCOC(=O)C(C)CN1CCN(C(C)(C)C)C1[SiH](C)C. The predicted molar refractivity (Wildman–Crippen MR) is 86.5 cm³/mol. The maximum atomic E-state index is 11.8.